The molecule has 6 aromatic carbocycles. The third kappa shape index (κ3) is 10.0. The number of benzene rings is 6. The van der Waals surface area contributed by atoms with E-state index in [-0.39, 0.29) is 82.9 Å². The molecule has 0 aliphatic carbocycles. The van der Waals surface area contributed by atoms with E-state index in [4.69, 9.17) is 57.1 Å². The van der Waals surface area contributed by atoms with Crippen LogP contribution in [0, 0.1) is 6.07 Å². The van der Waals surface area contributed by atoms with Gasteiger partial charge in [0.2, 0.25) is 0 Å². The van der Waals surface area contributed by atoms with Gasteiger partial charge in [-0.1, -0.05) is 199 Å². The number of hydrogen-bond donors (Lipinski definition) is 1. The van der Waals surface area contributed by atoms with Crippen LogP contribution in [0.15, 0.2) is 133 Å². The molecule has 348 valence electrons. The Morgan fingerprint density at radius 3 is 1.84 bits per heavy atom. The van der Waals surface area contributed by atoms with Crippen molar-refractivity contribution < 1.29 is 81.0 Å². The molecule has 0 amide bonds. The van der Waals surface area contributed by atoms with Crippen molar-refractivity contribution in [1.82, 2.24) is 14.5 Å². The topological polar surface area (TPSA) is 50.9 Å². The Balaban J connectivity index is 0.0000160. The van der Waals surface area contributed by atoms with E-state index in [0.717, 1.165) is 29.0 Å². The minimum absolute atomic E-state index is 0. The van der Waals surface area contributed by atoms with E-state index >= 15 is 0 Å². The first-order chi connectivity index (χ1) is 47.5. The average molecular weight is 1110 g/mol. The second-order valence-electron chi connectivity index (χ2n) is 17.1. The van der Waals surface area contributed by atoms with Gasteiger partial charge in [0.25, 0.3) is 0 Å². The number of aromatic nitrogens is 3. The molecule has 0 unspecified atom stereocenters. The summed E-state index contributed by atoms with van der Waals surface area (Å²) in [6.07, 6.45) is 1.15. The second-order valence-corrected chi connectivity index (χ2v) is 17.1. The van der Waals surface area contributed by atoms with Crippen molar-refractivity contribution in [2.75, 3.05) is 0 Å². The molecule has 0 saturated carbocycles. The van der Waals surface area contributed by atoms with Crippen LogP contribution in [-0.2, 0) is 48.1 Å². The summed E-state index contributed by atoms with van der Waals surface area (Å²) < 4.78 is 349. The number of fused-ring (bicyclic) bond motifs is 1. The van der Waals surface area contributed by atoms with Gasteiger partial charge in [-0.15, -0.1) is 29.3 Å². The van der Waals surface area contributed by atoms with E-state index in [2.05, 4.69) is 11.1 Å². The van der Waals surface area contributed by atoms with Crippen LogP contribution < -0.4 is 0 Å². The molecule has 1 N–H and O–H groups in total. The standard InChI is InChI=1S/C62H68N3O.Pt/c1-58(2,3)44-26-24-39(25-27-44)41-30-31-63-52(35-41)43-32-42(33-46(34-43)60(7,8)9)48-22-19-23-54-55(48)64-57(50-37-47(61(10,11)12)38-51(56(50)66)62(13,14)15)65(54)53-29-28-45(59(4,5)6)36-49(53)40-20-17-16-18-21-40;/h16-31,33-38,66H,1-15H3;/q-1;/i1D3,2D3,3D3,4D3,5D3,6D3,10D3,11D3,12D3,13D3,14D3,15D3,24D,25D,26D,27D;. The van der Waals surface area contributed by atoms with Crippen molar-refractivity contribution >= 4 is 11.0 Å². The molecule has 0 saturated heterocycles. The Hall–Kier alpha value is -5.57. The summed E-state index contributed by atoms with van der Waals surface area (Å²) in [4.78, 5) is 9.49. The van der Waals surface area contributed by atoms with Gasteiger partial charge in [0.15, 0.2) is 0 Å². The van der Waals surface area contributed by atoms with E-state index in [9.17, 15) is 7.85 Å². The first kappa shape index (κ1) is 19.4. The SMILES string of the molecule is [2H]c1c([2H])c(C(C([2H])([2H])[2H])(C([2H])([2H])[2H])C([2H])([2H])[2H])c([2H])c([2H])c1-c1ccnc(-c2[c-]c(-c3cccc4c3nc(-c3cc(C(C([2H])([2H])[2H])(C([2H])([2H])[2H])C([2H])([2H])[2H])cc(C(C([2H])([2H])[2H])(C([2H])([2H])[2H])C([2H])([2H])[2H])c3O)n4-c3ccc(C(C([2H])([2H])[2H])(C([2H])([2H])[2H])C([2H])([2H])[2H])cc3-c3ccccc3)cc(C(C)(C)C)c2)c1.[Pt]. The molecule has 0 radical (unpaired) electrons. The Kier molecular flexibility index (Phi) is 5.17. The normalized spacial score (nSPS) is 23.7. The zero-order valence-corrected chi connectivity index (χ0v) is 38.3. The molecule has 0 aliphatic rings. The first-order valence-corrected chi connectivity index (χ1v) is 20.2. The van der Waals surface area contributed by atoms with Crippen molar-refractivity contribution in [2.24, 2.45) is 0 Å². The van der Waals surface area contributed by atoms with Gasteiger partial charge in [-0.3, -0.25) is 9.55 Å². The van der Waals surface area contributed by atoms with Crippen LogP contribution in [0.4, 0.5) is 0 Å². The third-order valence-corrected chi connectivity index (χ3v) is 11.0. The summed E-state index contributed by atoms with van der Waals surface area (Å²) >= 11 is 0. The summed E-state index contributed by atoms with van der Waals surface area (Å²) in [7, 11) is 0. The van der Waals surface area contributed by atoms with Crippen LogP contribution in [0.25, 0.3) is 72.7 Å². The summed E-state index contributed by atoms with van der Waals surface area (Å²) in [5.74, 6) is -2.61. The minimum atomic E-state index is -4.44. The predicted molar refractivity (Wildman–Crippen MR) is 280 cm³/mol. The minimum Gasteiger partial charge on any atom is -0.507 e. The van der Waals surface area contributed by atoms with E-state index in [1.807, 2.05) is 0 Å². The smallest absolute Gasteiger partial charge is 0.148 e. The van der Waals surface area contributed by atoms with Gasteiger partial charge in [0.1, 0.15) is 11.6 Å². The number of nitrogens with zero attached hydrogens (tertiary/aromatic N) is 3. The van der Waals surface area contributed by atoms with Crippen LogP contribution in [0.3, 0.4) is 0 Å². The molecule has 2 heterocycles. The summed E-state index contributed by atoms with van der Waals surface area (Å²) in [5, 5.41) is 13.2. The summed E-state index contributed by atoms with van der Waals surface area (Å²) in [6.45, 7) is -44.6. The fraction of sp³-hybridized carbons (Fsp3) is 0.323. The molecule has 8 aromatic rings. The van der Waals surface area contributed by atoms with Gasteiger partial charge in [-0.25, -0.2) is 4.98 Å². The second kappa shape index (κ2) is 17.8. The molecule has 0 fully saturated rings. The zero-order chi connectivity index (χ0) is 81.2. The van der Waals surface area contributed by atoms with Gasteiger partial charge in [0.05, 0.1) is 27.8 Å². The molecule has 5 heteroatoms. The maximum Gasteiger partial charge on any atom is 0.148 e. The Bertz CT molecular complexity index is 4520. The summed E-state index contributed by atoms with van der Waals surface area (Å²) in [6, 6.07) is 18.4. The van der Waals surface area contributed by atoms with Crippen molar-refractivity contribution in [3.05, 3.63) is 167 Å². The van der Waals surface area contributed by atoms with Gasteiger partial charge in [0, 0.05) is 93.4 Å². The fourth-order valence-electron chi connectivity index (χ4n) is 7.53. The van der Waals surface area contributed by atoms with E-state index in [1.54, 1.807) is 32.9 Å². The predicted octanol–water partition coefficient (Wildman–Crippen LogP) is 16.7. The van der Waals surface area contributed by atoms with E-state index < -0.39 is 178 Å². The molecule has 0 bridgehead atoms. The molecule has 4 nitrogen and oxygen atoms in total. The molecule has 67 heavy (non-hydrogen) atoms. The van der Waals surface area contributed by atoms with E-state index in [1.165, 1.54) is 60.7 Å². The average Bonchev–Trinajstić information content (AvgIpc) is 1.28. The van der Waals surface area contributed by atoms with E-state index in [0.29, 0.717) is 11.6 Å². The third-order valence-electron chi connectivity index (χ3n) is 11.0. The van der Waals surface area contributed by atoms with Crippen molar-refractivity contribution in [3.63, 3.8) is 0 Å². The van der Waals surface area contributed by atoms with Crippen LogP contribution in [0.5, 0.6) is 5.75 Å². The number of pyridine rings is 1. The first-order valence-electron chi connectivity index (χ1n) is 40.2. The molecular formula is C62H68N3OPt-. The fourth-order valence-corrected chi connectivity index (χ4v) is 7.53. The number of aromatic hydroxyl groups is 1. The van der Waals surface area contributed by atoms with Crippen molar-refractivity contribution in [1.29, 1.82) is 0 Å². The summed E-state index contributed by atoms with van der Waals surface area (Å²) in [5.41, 5.74) is -25.9. The molecule has 0 aliphatic heterocycles. The number of para-hydroxylation sites is 1. The molecule has 0 atom stereocenters. The zero-order valence-electron chi connectivity index (χ0n) is 76.0. The number of rotatable bonds is 6. The Labute approximate surface area is 471 Å². The van der Waals surface area contributed by atoms with Gasteiger partial charge >= 0.3 is 0 Å². The Morgan fingerprint density at radius 1 is 0.537 bits per heavy atom. The van der Waals surface area contributed by atoms with Crippen LogP contribution in [0.1, 0.15) is 186 Å². The Morgan fingerprint density at radius 2 is 1.16 bits per heavy atom. The van der Waals surface area contributed by atoms with Gasteiger partial charge < -0.3 is 5.11 Å². The van der Waals surface area contributed by atoms with Crippen LogP contribution >= 0.6 is 0 Å². The molecule has 2 aromatic heterocycles. The van der Waals surface area contributed by atoms with Gasteiger partial charge in [-0.2, -0.15) is 0 Å². The largest absolute Gasteiger partial charge is 0.507 e. The van der Waals surface area contributed by atoms with Crippen molar-refractivity contribution in [3.8, 4) is 67.5 Å². The van der Waals surface area contributed by atoms with Crippen molar-refractivity contribution in [2.45, 2.75) is 130 Å². The van der Waals surface area contributed by atoms with Crippen LogP contribution in [-0.4, -0.2) is 19.6 Å². The van der Waals surface area contributed by atoms with Crippen LogP contribution in [0.2, 0.25) is 0 Å². The number of phenols is 1. The molecular weight excluding hydrogens is 998 g/mol. The number of imidazole rings is 1. The maximum atomic E-state index is 13.2. The number of hydrogen-bond acceptors (Lipinski definition) is 3. The number of phenolic OH excluding ortho intramolecular Hbond substituents is 1. The monoisotopic (exact) mass is 1110 g/mol. The molecule has 0 spiro atoms. The molecule has 8 rings (SSSR count). The quantitative estimate of drug-likeness (QED) is 0.169. The maximum absolute atomic E-state index is 13.2. The van der Waals surface area contributed by atoms with Gasteiger partial charge in [-0.05, 0) is 90.8 Å².